The summed E-state index contributed by atoms with van der Waals surface area (Å²) in [5.41, 5.74) is 2.82. The molecule has 1 heterocycles. The molecule has 0 radical (unpaired) electrons. The van der Waals surface area contributed by atoms with Crippen molar-refractivity contribution in [2.75, 3.05) is 0 Å². The van der Waals surface area contributed by atoms with Crippen LogP contribution >= 0.6 is 0 Å². The van der Waals surface area contributed by atoms with Crippen molar-refractivity contribution in [2.24, 2.45) is 7.05 Å². The van der Waals surface area contributed by atoms with Crippen LogP contribution in [0.2, 0.25) is 0 Å². The molecule has 2 N–H and O–H groups in total. The highest BCUT2D eigenvalue weighted by Crippen LogP contribution is 2.22. The number of amides is 1. The molecular formula is C18H24FN3O2. The Morgan fingerprint density at radius 3 is 2.58 bits per heavy atom. The topological polar surface area (TPSA) is 67.2 Å². The molecule has 5 nitrogen and oxygen atoms in total. The minimum absolute atomic E-state index is 0.187. The fourth-order valence-corrected chi connectivity index (χ4v) is 2.83. The number of hydrogen-bond donors (Lipinski definition) is 2. The second kappa shape index (κ2) is 7.57. The monoisotopic (exact) mass is 333 g/mol. The van der Waals surface area contributed by atoms with Crippen LogP contribution in [-0.2, 0) is 18.3 Å². The summed E-state index contributed by atoms with van der Waals surface area (Å²) in [4.78, 5) is 12.4. The van der Waals surface area contributed by atoms with E-state index in [1.165, 1.54) is 12.1 Å². The molecule has 0 fully saturated rings. The molecule has 0 spiro atoms. The molecule has 0 aliphatic rings. The molecule has 2 aromatic rings. The largest absolute Gasteiger partial charge is 0.386 e. The van der Waals surface area contributed by atoms with Crippen molar-refractivity contribution in [1.29, 1.82) is 0 Å². The van der Waals surface area contributed by atoms with E-state index in [0.29, 0.717) is 6.42 Å². The van der Waals surface area contributed by atoms with Gasteiger partial charge in [0.15, 0.2) is 0 Å². The molecule has 0 bridgehead atoms. The smallest absolute Gasteiger partial charge is 0.224 e. The summed E-state index contributed by atoms with van der Waals surface area (Å²) in [6, 6.07) is 5.52. The third kappa shape index (κ3) is 3.82. The Hall–Kier alpha value is -2.21. The van der Waals surface area contributed by atoms with Gasteiger partial charge in [0.2, 0.25) is 5.91 Å². The average Bonchev–Trinajstić information content (AvgIpc) is 2.78. The third-order valence-electron chi connectivity index (χ3n) is 4.39. The summed E-state index contributed by atoms with van der Waals surface area (Å²) in [5, 5.41) is 17.5. The molecule has 1 aromatic carbocycles. The number of benzene rings is 1. The number of aliphatic hydroxyl groups is 1. The lowest BCUT2D eigenvalue weighted by Gasteiger charge is -2.23. The van der Waals surface area contributed by atoms with Crippen LogP contribution in [-0.4, -0.2) is 26.8 Å². The van der Waals surface area contributed by atoms with E-state index >= 15 is 0 Å². The molecule has 2 unspecified atom stereocenters. The van der Waals surface area contributed by atoms with Crippen molar-refractivity contribution in [3.8, 4) is 0 Å². The van der Waals surface area contributed by atoms with Crippen LogP contribution in [0.5, 0.6) is 0 Å². The van der Waals surface area contributed by atoms with Crippen molar-refractivity contribution < 1.29 is 14.3 Å². The number of aryl methyl sites for hydroxylation is 2. The van der Waals surface area contributed by atoms with E-state index in [9.17, 15) is 14.3 Å². The first kappa shape index (κ1) is 18.1. The second-order valence-electron chi connectivity index (χ2n) is 6.00. The van der Waals surface area contributed by atoms with E-state index in [0.717, 1.165) is 17.0 Å². The van der Waals surface area contributed by atoms with Gasteiger partial charge in [-0.2, -0.15) is 5.10 Å². The summed E-state index contributed by atoms with van der Waals surface area (Å²) in [6.45, 7) is 5.62. The maximum atomic E-state index is 13.8. The van der Waals surface area contributed by atoms with Crippen LogP contribution in [0.15, 0.2) is 24.3 Å². The SMILES string of the molecule is CCC(NC(=O)Cc1c(C)nn(C)c1C)C(O)c1ccccc1F. The van der Waals surface area contributed by atoms with Gasteiger partial charge >= 0.3 is 0 Å². The number of halogens is 1. The number of rotatable bonds is 6. The fourth-order valence-electron chi connectivity index (χ4n) is 2.83. The second-order valence-corrected chi connectivity index (χ2v) is 6.00. The van der Waals surface area contributed by atoms with E-state index < -0.39 is 18.0 Å². The van der Waals surface area contributed by atoms with Crippen LogP contribution < -0.4 is 5.32 Å². The zero-order chi connectivity index (χ0) is 17.9. The number of aliphatic hydroxyl groups excluding tert-OH is 1. The first-order valence-electron chi connectivity index (χ1n) is 8.06. The van der Waals surface area contributed by atoms with Gasteiger partial charge in [-0.15, -0.1) is 0 Å². The number of aromatic nitrogens is 2. The molecule has 24 heavy (non-hydrogen) atoms. The first-order chi connectivity index (χ1) is 11.3. The lowest BCUT2D eigenvalue weighted by Crippen LogP contribution is -2.40. The molecule has 0 saturated carbocycles. The molecule has 2 atom stereocenters. The zero-order valence-electron chi connectivity index (χ0n) is 14.5. The highest BCUT2D eigenvalue weighted by molar-refractivity contribution is 5.79. The van der Waals surface area contributed by atoms with Gasteiger partial charge in [-0.05, 0) is 26.3 Å². The molecule has 0 aliphatic heterocycles. The van der Waals surface area contributed by atoms with Crippen LogP contribution in [0.25, 0.3) is 0 Å². The molecule has 1 aromatic heterocycles. The average molecular weight is 333 g/mol. The maximum absolute atomic E-state index is 13.8. The summed E-state index contributed by atoms with van der Waals surface area (Å²) >= 11 is 0. The van der Waals surface area contributed by atoms with Crippen molar-refractivity contribution in [1.82, 2.24) is 15.1 Å². The fraction of sp³-hybridized carbons (Fsp3) is 0.444. The van der Waals surface area contributed by atoms with E-state index in [-0.39, 0.29) is 17.9 Å². The van der Waals surface area contributed by atoms with Gasteiger partial charge in [0.1, 0.15) is 11.9 Å². The van der Waals surface area contributed by atoms with Crippen LogP contribution in [0, 0.1) is 19.7 Å². The van der Waals surface area contributed by atoms with Gasteiger partial charge in [-0.1, -0.05) is 25.1 Å². The van der Waals surface area contributed by atoms with E-state index in [1.807, 2.05) is 27.8 Å². The van der Waals surface area contributed by atoms with Crippen molar-refractivity contribution in [3.05, 3.63) is 52.6 Å². The summed E-state index contributed by atoms with van der Waals surface area (Å²) in [7, 11) is 1.83. The van der Waals surface area contributed by atoms with Gasteiger partial charge in [0.25, 0.3) is 0 Å². The molecule has 1 amide bonds. The van der Waals surface area contributed by atoms with Crippen molar-refractivity contribution in [3.63, 3.8) is 0 Å². The first-order valence-corrected chi connectivity index (χ1v) is 8.06. The van der Waals surface area contributed by atoms with Crippen molar-refractivity contribution >= 4 is 5.91 Å². The molecular weight excluding hydrogens is 309 g/mol. The van der Waals surface area contributed by atoms with E-state index in [1.54, 1.807) is 16.8 Å². The van der Waals surface area contributed by atoms with Crippen LogP contribution in [0.3, 0.4) is 0 Å². The Balaban J connectivity index is 2.09. The Bertz CT molecular complexity index is 727. The van der Waals surface area contributed by atoms with Crippen LogP contribution in [0.1, 0.15) is 42.0 Å². The minimum Gasteiger partial charge on any atom is -0.386 e. The highest BCUT2D eigenvalue weighted by Gasteiger charge is 2.24. The van der Waals surface area contributed by atoms with Gasteiger partial charge < -0.3 is 10.4 Å². The minimum atomic E-state index is -1.09. The van der Waals surface area contributed by atoms with Gasteiger partial charge in [-0.25, -0.2) is 4.39 Å². The lowest BCUT2D eigenvalue weighted by molar-refractivity contribution is -0.122. The van der Waals surface area contributed by atoms with Gasteiger partial charge in [0.05, 0.1) is 18.2 Å². The van der Waals surface area contributed by atoms with Gasteiger partial charge in [0, 0.05) is 23.9 Å². The molecule has 0 aliphatic carbocycles. The Morgan fingerprint density at radius 2 is 2.04 bits per heavy atom. The summed E-state index contributed by atoms with van der Waals surface area (Å²) < 4.78 is 15.6. The van der Waals surface area contributed by atoms with E-state index in [4.69, 9.17) is 0 Å². The number of carbonyl (C=O) groups excluding carboxylic acids is 1. The van der Waals surface area contributed by atoms with Crippen molar-refractivity contribution in [2.45, 2.75) is 45.8 Å². The van der Waals surface area contributed by atoms with Gasteiger partial charge in [-0.3, -0.25) is 9.48 Å². The molecule has 0 saturated heterocycles. The molecule has 2 rings (SSSR count). The Morgan fingerprint density at radius 1 is 1.38 bits per heavy atom. The normalized spacial score (nSPS) is 13.6. The summed E-state index contributed by atoms with van der Waals surface area (Å²) in [5.74, 6) is -0.687. The highest BCUT2D eigenvalue weighted by atomic mass is 19.1. The number of nitrogens with zero attached hydrogens (tertiary/aromatic N) is 2. The Kier molecular flexibility index (Phi) is 5.72. The van der Waals surface area contributed by atoms with Crippen LogP contribution in [0.4, 0.5) is 4.39 Å². The summed E-state index contributed by atoms with van der Waals surface area (Å²) in [6.07, 6.45) is -0.408. The standard InChI is InChI=1S/C18H24FN3O2/c1-5-16(18(24)13-8-6-7-9-15(13)19)20-17(23)10-14-11(2)21-22(4)12(14)3/h6-9,16,18,24H,5,10H2,1-4H3,(H,20,23). The lowest BCUT2D eigenvalue weighted by atomic mass is 9.99. The number of nitrogens with one attached hydrogen (secondary N) is 1. The number of hydrogen-bond acceptors (Lipinski definition) is 3. The predicted octanol–water partition coefficient (Wildman–Crippen LogP) is 2.35. The quantitative estimate of drug-likeness (QED) is 0.853. The predicted molar refractivity (Wildman–Crippen MR) is 90.0 cm³/mol. The third-order valence-corrected chi connectivity index (χ3v) is 4.39. The van der Waals surface area contributed by atoms with E-state index in [2.05, 4.69) is 10.4 Å². The Labute approximate surface area is 141 Å². The number of carbonyl (C=O) groups is 1. The molecule has 130 valence electrons. The zero-order valence-corrected chi connectivity index (χ0v) is 14.5. The maximum Gasteiger partial charge on any atom is 0.224 e. The molecule has 6 heteroatoms.